The number of nitrogens with one attached hydrogen (secondary N) is 1. The van der Waals surface area contributed by atoms with Crippen molar-refractivity contribution < 1.29 is 18.6 Å². The highest BCUT2D eigenvalue weighted by Crippen LogP contribution is 2.44. The fraction of sp³-hybridized carbons (Fsp3) is 0.478. The van der Waals surface area contributed by atoms with Gasteiger partial charge in [-0.1, -0.05) is 25.5 Å². The van der Waals surface area contributed by atoms with E-state index in [-0.39, 0.29) is 18.0 Å². The van der Waals surface area contributed by atoms with Crippen molar-refractivity contribution in [3.8, 4) is 5.75 Å². The maximum absolute atomic E-state index is 13.4. The lowest BCUT2D eigenvalue weighted by Gasteiger charge is -2.43. The van der Waals surface area contributed by atoms with E-state index in [1.165, 1.54) is 12.1 Å². The molecule has 2 atom stereocenters. The first-order valence-electron chi connectivity index (χ1n) is 9.90. The zero-order valence-electron chi connectivity index (χ0n) is 17.1. The van der Waals surface area contributed by atoms with Crippen molar-refractivity contribution in [3.05, 3.63) is 59.4 Å². The van der Waals surface area contributed by atoms with Gasteiger partial charge in [-0.25, -0.2) is 4.39 Å². The highest BCUT2D eigenvalue weighted by molar-refractivity contribution is 5.53. The number of ether oxygens (including phenoxy) is 3. The Morgan fingerprint density at radius 2 is 2.00 bits per heavy atom. The van der Waals surface area contributed by atoms with Crippen molar-refractivity contribution in [1.29, 1.82) is 0 Å². The van der Waals surface area contributed by atoms with Crippen LogP contribution in [0.4, 0.5) is 10.1 Å². The summed E-state index contributed by atoms with van der Waals surface area (Å²) in [5.74, 6) is 0.587. The Morgan fingerprint density at radius 3 is 2.71 bits per heavy atom. The molecule has 1 aliphatic rings. The van der Waals surface area contributed by atoms with Crippen LogP contribution in [-0.2, 0) is 16.0 Å². The van der Waals surface area contributed by atoms with Gasteiger partial charge in [-0.05, 0) is 56.2 Å². The molecule has 1 N–H and O–H groups in total. The zero-order valence-corrected chi connectivity index (χ0v) is 17.1. The third kappa shape index (κ3) is 4.65. The Balaban J connectivity index is 1.83. The molecular formula is C23H30FNO3. The minimum Gasteiger partial charge on any atom is -0.485 e. The number of hydrogen-bond acceptors (Lipinski definition) is 4. The summed E-state index contributed by atoms with van der Waals surface area (Å²) in [5.41, 5.74) is 2.31. The molecule has 0 spiro atoms. The van der Waals surface area contributed by atoms with Crippen molar-refractivity contribution in [3.63, 3.8) is 0 Å². The van der Waals surface area contributed by atoms with Crippen LogP contribution in [0.15, 0.2) is 42.5 Å². The number of rotatable bonds is 8. The van der Waals surface area contributed by atoms with Gasteiger partial charge in [0.1, 0.15) is 29.4 Å². The molecule has 0 saturated heterocycles. The van der Waals surface area contributed by atoms with E-state index in [2.05, 4.69) is 12.2 Å². The van der Waals surface area contributed by atoms with E-state index in [4.69, 9.17) is 14.2 Å². The predicted molar refractivity (Wildman–Crippen MR) is 109 cm³/mol. The van der Waals surface area contributed by atoms with Gasteiger partial charge >= 0.3 is 0 Å². The maximum Gasteiger partial charge on any atom is 0.132 e. The van der Waals surface area contributed by atoms with Gasteiger partial charge in [0, 0.05) is 31.5 Å². The first kappa shape index (κ1) is 20.6. The first-order valence-corrected chi connectivity index (χ1v) is 9.90. The molecular weight excluding hydrogens is 357 g/mol. The summed E-state index contributed by atoms with van der Waals surface area (Å²) in [6.45, 7) is 7.41. The molecule has 1 aliphatic heterocycles. The topological polar surface area (TPSA) is 39.7 Å². The average Bonchev–Trinajstić information content (AvgIpc) is 2.66. The molecule has 28 heavy (non-hydrogen) atoms. The largest absolute Gasteiger partial charge is 0.485 e. The van der Waals surface area contributed by atoms with Crippen LogP contribution in [0.2, 0.25) is 0 Å². The van der Waals surface area contributed by atoms with Crippen molar-refractivity contribution in [2.24, 2.45) is 0 Å². The maximum atomic E-state index is 13.4. The van der Waals surface area contributed by atoms with E-state index >= 15 is 0 Å². The Bertz CT molecular complexity index is 793. The molecule has 2 aromatic rings. The molecule has 0 bridgehead atoms. The number of methoxy groups -OCH3 is 1. The molecule has 2 aromatic carbocycles. The molecule has 152 valence electrons. The minimum absolute atomic E-state index is 0.203. The van der Waals surface area contributed by atoms with Gasteiger partial charge in [0.05, 0.1) is 0 Å². The fourth-order valence-corrected chi connectivity index (χ4v) is 3.63. The summed E-state index contributed by atoms with van der Waals surface area (Å²) in [4.78, 5) is 0. The zero-order chi connectivity index (χ0) is 20.1. The van der Waals surface area contributed by atoms with Crippen LogP contribution in [0.1, 0.15) is 50.8 Å². The molecule has 1 heterocycles. The Labute approximate surface area is 167 Å². The number of hydrogen-bond donors (Lipinski definition) is 1. The van der Waals surface area contributed by atoms with Gasteiger partial charge in [0.25, 0.3) is 0 Å². The van der Waals surface area contributed by atoms with Gasteiger partial charge in [-0.2, -0.15) is 0 Å². The lowest BCUT2D eigenvalue weighted by Crippen LogP contribution is -2.50. The van der Waals surface area contributed by atoms with Gasteiger partial charge in [-0.15, -0.1) is 0 Å². The van der Waals surface area contributed by atoms with Gasteiger partial charge in [0.15, 0.2) is 0 Å². The van der Waals surface area contributed by atoms with Gasteiger partial charge in [0.2, 0.25) is 0 Å². The molecule has 3 rings (SSSR count). The normalized spacial score (nSPS) is 20.3. The second-order valence-corrected chi connectivity index (χ2v) is 7.74. The van der Waals surface area contributed by atoms with E-state index in [0.29, 0.717) is 13.2 Å². The van der Waals surface area contributed by atoms with Crippen LogP contribution >= 0.6 is 0 Å². The lowest BCUT2D eigenvalue weighted by atomic mass is 9.88. The monoisotopic (exact) mass is 387 g/mol. The van der Waals surface area contributed by atoms with Crippen molar-refractivity contribution in [2.75, 3.05) is 19.0 Å². The molecule has 5 heteroatoms. The van der Waals surface area contributed by atoms with E-state index in [0.717, 1.165) is 35.4 Å². The predicted octanol–water partition coefficient (Wildman–Crippen LogP) is 5.48. The quantitative estimate of drug-likeness (QED) is 0.609. The number of halogens is 1. The molecule has 0 amide bonds. The first-order chi connectivity index (χ1) is 13.4. The Morgan fingerprint density at radius 1 is 1.18 bits per heavy atom. The fourth-order valence-electron chi connectivity index (χ4n) is 3.63. The highest BCUT2D eigenvalue weighted by Gasteiger charge is 2.45. The summed E-state index contributed by atoms with van der Waals surface area (Å²) >= 11 is 0. The molecule has 0 saturated carbocycles. The number of fused-ring (bicyclic) bond motifs is 1. The van der Waals surface area contributed by atoms with Crippen LogP contribution in [0.3, 0.4) is 0 Å². The Kier molecular flexibility index (Phi) is 6.57. The second-order valence-electron chi connectivity index (χ2n) is 7.74. The van der Waals surface area contributed by atoms with Crippen LogP contribution in [0.25, 0.3) is 0 Å². The van der Waals surface area contributed by atoms with Gasteiger partial charge < -0.3 is 19.5 Å². The number of unbranched alkanes of at least 4 members (excludes halogenated alkanes) is 1. The lowest BCUT2D eigenvalue weighted by molar-refractivity contribution is -0.150. The molecule has 4 nitrogen and oxygen atoms in total. The van der Waals surface area contributed by atoms with E-state index in [9.17, 15) is 4.39 Å². The third-order valence-corrected chi connectivity index (χ3v) is 5.08. The summed E-state index contributed by atoms with van der Waals surface area (Å²) in [6, 6.07) is 12.6. The summed E-state index contributed by atoms with van der Waals surface area (Å²) in [7, 11) is 1.70. The summed E-state index contributed by atoms with van der Waals surface area (Å²) in [6.07, 6.45) is 1.66. The van der Waals surface area contributed by atoms with Crippen LogP contribution in [-0.4, -0.2) is 25.4 Å². The van der Waals surface area contributed by atoms with Crippen LogP contribution < -0.4 is 10.1 Å². The van der Waals surface area contributed by atoms with E-state index in [1.54, 1.807) is 13.2 Å². The molecule has 0 fully saturated rings. The third-order valence-electron chi connectivity index (χ3n) is 5.08. The van der Waals surface area contributed by atoms with Crippen LogP contribution in [0, 0.1) is 5.82 Å². The van der Waals surface area contributed by atoms with E-state index < -0.39 is 5.60 Å². The Hall–Kier alpha value is -2.11. The second kappa shape index (κ2) is 8.93. The van der Waals surface area contributed by atoms with Gasteiger partial charge in [-0.3, -0.25) is 0 Å². The number of benzene rings is 2. The summed E-state index contributed by atoms with van der Waals surface area (Å²) in [5, 5.41) is 3.36. The van der Waals surface area contributed by atoms with Crippen molar-refractivity contribution in [1.82, 2.24) is 0 Å². The van der Waals surface area contributed by atoms with E-state index in [1.807, 2.05) is 38.1 Å². The number of anilines is 1. The molecule has 0 aromatic heterocycles. The standard InChI is InChI=1S/C23H30FNO3/c1-5-6-12-27-21-19-14-18(25-15-16-8-7-9-17(24)13-16)10-11-20(19)28-23(2,3)22(21)26-4/h7-11,13-14,21-22,25H,5-6,12,15H2,1-4H3. The highest BCUT2D eigenvalue weighted by atomic mass is 19.1. The summed E-state index contributed by atoms with van der Waals surface area (Å²) < 4.78 is 31.6. The molecule has 0 radical (unpaired) electrons. The van der Waals surface area contributed by atoms with Crippen LogP contribution in [0.5, 0.6) is 5.75 Å². The smallest absolute Gasteiger partial charge is 0.132 e. The average molecular weight is 387 g/mol. The van der Waals surface area contributed by atoms with Crippen molar-refractivity contribution >= 4 is 5.69 Å². The minimum atomic E-state index is -0.491. The molecule has 2 unspecified atom stereocenters. The molecule has 0 aliphatic carbocycles. The van der Waals surface area contributed by atoms with Crippen molar-refractivity contribution in [2.45, 2.75) is 58.0 Å². The SMILES string of the molecule is CCCCOC1c2cc(NCc3cccc(F)c3)ccc2OC(C)(C)C1OC.